The molecule has 3 rings (SSSR count). The van der Waals surface area contributed by atoms with Crippen LogP contribution in [0, 0.1) is 6.92 Å². The first kappa shape index (κ1) is 26.6. The van der Waals surface area contributed by atoms with Crippen molar-refractivity contribution < 1.29 is 23.8 Å². The van der Waals surface area contributed by atoms with Crippen molar-refractivity contribution in [2.75, 3.05) is 31.5 Å². The minimum Gasteiger partial charge on any atom is -0.494 e. The molecule has 7 nitrogen and oxygen atoms in total. The molecule has 0 saturated heterocycles. The van der Waals surface area contributed by atoms with Crippen LogP contribution in [0.15, 0.2) is 60.7 Å². The van der Waals surface area contributed by atoms with Gasteiger partial charge in [0, 0.05) is 24.1 Å². The van der Waals surface area contributed by atoms with Crippen LogP contribution in [0.2, 0.25) is 0 Å². The number of benzene rings is 3. The van der Waals surface area contributed by atoms with E-state index in [9.17, 15) is 9.59 Å². The molecule has 0 heterocycles. The molecule has 0 aliphatic carbocycles. The van der Waals surface area contributed by atoms with Gasteiger partial charge in [0.15, 0.2) is 0 Å². The van der Waals surface area contributed by atoms with E-state index in [0.717, 1.165) is 5.75 Å². The third-order valence-corrected chi connectivity index (χ3v) is 5.76. The maximum atomic E-state index is 12.6. The zero-order chi connectivity index (χ0) is 26.1. The topological polar surface area (TPSA) is 85.9 Å². The van der Waals surface area contributed by atoms with Gasteiger partial charge in [-0.15, -0.1) is 0 Å². The maximum Gasteiger partial charge on any atom is 0.255 e. The van der Waals surface area contributed by atoms with Crippen LogP contribution in [0.4, 0.5) is 11.4 Å². The first-order valence-corrected chi connectivity index (χ1v) is 12.0. The van der Waals surface area contributed by atoms with E-state index in [1.807, 2.05) is 18.2 Å². The van der Waals surface area contributed by atoms with Gasteiger partial charge in [-0.25, -0.2) is 0 Å². The predicted molar refractivity (Wildman–Crippen MR) is 143 cm³/mol. The molecule has 2 amide bonds. The van der Waals surface area contributed by atoms with Crippen LogP contribution < -0.4 is 24.8 Å². The molecule has 7 heteroatoms. The lowest BCUT2D eigenvalue weighted by molar-refractivity contribution is -0.116. The van der Waals surface area contributed by atoms with Crippen LogP contribution in [-0.2, 0) is 4.79 Å². The van der Waals surface area contributed by atoms with E-state index in [0.29, 0.717) is 47.4 Å². The maximum absolute atomic E-state index is 12.6. The Hall–Kier alpha value is -4.00. The van der Waals surface area contributed by atoms with Crippen LogP contribution in [-0.4, -0.2) is 32.6 Å². The average molecular weight is 491 g/mol. The molecule has 0 fully saturated rings. The Morgan fingerprint density at radius 1 is 0.861 bits per heavy atom. The fraction of sp³-hybridized carbons (Fsp3) is 0.310. The van der Waals surface area contributed by atoms with E-state index in [2.05, 4.69) is 37.5 Å². The van der Waals surface area contributed by atoms with Gasteiger partial charge in [0.25, 0.3) is 5.91 Å². The molecule has 0 radical (unpaired) electrons. The van der Waals surface area contributed by atoms with E-state index in [1.54, 1.807) is 36.4 Å². The summed E-state index contributed by atoms with van der Waals surface area (Å²) in [6.45, 7) is 6.84. The fourth-order valence-electron chi connectivity index (χ4n) is 3.90. The lowest BCUT2D eigenvalue weighted by Crippen LogP contribution is -2.15. The summed E-state index contributed by atoms with van der Waals surface area (Å²) in [5, 5.41) is 5.69. The van der Waals surface area contributed by atoms with E-state index >= 15 is 0 Å². The summed E-state index contributed by atoms with van der Waals surface area (Å²) in [6, 6.07) is 18.2. The highest BCUT2D eigenvalue weighted by Crippen LogP contribution is 2.36. The molecule has 190 valence electrons. The summed E-state index contributed by atoms with van der Waals surface area (Å²) < 4.78 is 16.7. The van der Waals surface area contributed by atoms with E-state index in [-0.39, 0.29) is 18.2 Å². The predicted octanol–water partition coefficient (Wildman–Crippen LogP) is 6.19. The Kier molecular flexibility index (Phi) is 9.33. The van der Waals surface area contributed by atoms with Gasteiger partial charge in [0.05, 0.1) is 32.2 Å². The van der Waals surface area contributed by atoms with Crippen molar-refractivity contribution in [3.8, 4) is 17.2 Å². The largest absolute Gasteiger partial charge is 0.494 e. The molecular formula is C29H34N2O5. The number of methoxy groups -OCH3 is 2. The van der Waals surface area contributed by atoms with Gasteiger partial charge in [-0.1, -0.05) is 38.1 Å². The summed E-state index contributed by atoms with van der Waals surface area (Å²) in [4.78, 5) is 25.1. The van der Waals surface area contributed by atoms with Crippen molar-refractivity contribution in [1.82, 2.24) is 0 Å². The van der Waals surface area contributed by atoms with Crippen molar-refractivity contribution in [1.29, 1.82) is 0 Å². The Labute approximate surface area is 212 Å². The highest BCUT2D eigenvalue weighted by molar-refractivity contribution is 6.05. The molecule has 3 aromatic rings. The molecule has 0 unspecified atom stereocenters. The van der Waals surface area contributed by atoms with E-state index in [4.69, 9.17) is 14.2 Å². The average Bonchev–Trinajstić information content (AvgIpc) is 2.87. The molecule has 0 saturated carbocycles. The Bertz CT molecular complexity index is 1190. The van der Waals surface area contributed by atoms with Crippen molar-refractivity contribution >= 4 is 23.2 Å². The number of ether oxygens (including phenoxy) is 3. The molecule has 0 aliphatic heterocycles. The number of aryl methyl sites for hydroxylation is 1. The molecule has 0 aliphatic rings. The Morgan fingerprint density at radius 2 is 1.50 bits per heavy atom. The van der Waals surface area contributed by atoms with Crippen molar-refractivity contribution in [3.63, 3.8) is 0 Å². The Morgan fingerprint density at radius 3 is 2.08 bits per heavy atom. The van der Waals surface area contributed by atoms with Crippen molar-refractivity contribution in [3.05, 3.63) is 77.4 Å². The Balaban J connectivity index is 1.58. The molecule has 2 N–H and O–H groups in total. The molecule has 3 aromatic carbocycles. The van der Waals surface area contributed by atoms with E-state index < -0.39 is 0 Å². The second-order valence-corrected chi connectivity index (χ2v) is 8.75. The van der Waals surface area contributed by atoms with Gasteiger partial charge in [0.1, 0.15) is 17.2 Å². The lowest BCUT2D eigenvalue weighted by atomic mass is 9.98. The van der Waals surface area contributed by atoms with Crippen LogP contribution in [0.1, 0.15) is 54.1 Å². The first-order valence-electron chi connectivity index (χ1n) is 12.0. The zero-order valence-electron chi connectivity index (χ0n) is 21.5. The third-order valence-electron chi connectivity index (χ3n) is 5.76. The standard InChI is InChI=1S/C29H34N2O5/c1-19(2)23-14-13-22(16-20(23)3)36-15-9-12-28(32)30-24-17-27(35-5)25(18-26(24)34-4)31-29(33)21-10-7-6-8-11-21/h6-8,10-11,13-14,16-19H,9,12,15H2,1-5H3,(H,30,32)(H,31,33). The summed E-state index contributed by atoms with van der Waals surface area (Å²) in [5.74, 6) is 1.63. The minimum absolute atomic E-state index is 0.175. The summed E-state index contributed by atoms with van der Waals surface area (Å²) in [6.07, 6.45) is 0.836. The van der Waals surface area contributed by atoms with Crippen LogP contribution in [0.3, 0.4) is 0 Å². The number of carbonyl (C=O) groups excluding carboxylic acids is 2. The second-order valence-electron chi connectivity index (χ2n) is 8.75. The van der Waals surface area contributed by atoms with Crippen molar-refractivity contribution in [2.45, 2.75) is 39.5 Å². The normalized spacial score (nSPS) is 10.6. The number of hydrogen-bond donors (Lipinski definition) is 2. The second kappa shape index (κ2) is 12.6. The number of carbonyl (C=O) groups is 2. The molecule has 0 bridgehead atoms. The fourth-order valence-corrected chi connectivity index (χ4v) is 3.90. The third kappa shape index (κ3) is 7.01. The SMILES string of the molecule is COc1cc(NC(=O)c2ccccc2)c(OC)cc1NC(=O)CCCOc1ccc(C(C)C)c(C)c1. The van der Waals surface area contributed by atoms with Gasteiger partial charge in [0.2, 0.25) is 5.91 Å². The zero-order valence-corrected chi connectivity index (χ0v) is 21.5. The first-order chi connectivity index (χ1) is 17.3. The number of amides is 2. The number of rotatable bonds is 11. The molecule has 36 heavy (non-hydrogen) atoms. The van der Waals surface area contributed by atoms with Crippen LogP contribution in [0.5, 0.6) is 17.2 Å². The number of anilines is 2. The summed E-state index contributed by atoms with van der Waals surface area (Å²) >= 11 is 0. The highest BCUT2D eigenvalue weighted by Gasteiger charge is 2.16. The van der Waals surface area contributed by atoms with E-state index in [1.165, 1.54) is 25.3 Å². The monoisotopic (exact) mass is 490 g/mol. The molecular weight excluding hydrogens is 456 g/mol. The van der Waals surface area contributed by atoms with Gasteiger partial charge in [-0.2, -0.15) is 0 Å². The molecule has 0 atom stereocenters. The molecule has 0 spiro atoms. The van der Waals surface area contributed by atoms with Gasteiger partial charge >= 0.3 is 0 Å². The van der Waals surface area contributed by atoms with Crippen molar-refractivity contribution in [2.24, 2.45) is 0 Å². The molecule has 0 aromatic heterocycles. The number of hydrogen-bond acceptors (Lipinski definition) is 5. The van der Waals surface area contributed by atoms with Crippen LogP contribution in [0.25, 0.3) is 0 Å². The lowest BCUT2D eigenvalue weighted by Gasteiger charge is -2.16. The smallest absolute Gasteiger partial charge is 0.255 e. The summed E-state index contributed by atoms with van der Waals surface area (Å²) in [5.41, 5.74) is 3.91. The minimum atomic E-state index is -0.276. The van der Waals surface area contributed by atoms with Crippen LogP contribution >= 0.6 is 0 Å². The van der Waals surface area contributed by atoms with Gasteiger partial charge < -0.3 is 24.8 Å². The highest BCUT2D eigenvalue weighted by atomic mass is 16.5. The summed E-state index contributed by atoms with van der Waals surface area (Å²) in [7, 11) is 3.00. The van der Waals surface area contributed by atoms with Gasteiger partial charge in [-0.3, -0.25) is 9.59 Å². The quantitative estimate of drug-likeness (QED) is 0.313. The van der Waals surface area contributed by atoms with Gasteiger partial charge in [-0.05, 0) is 54.7 Å². The number of nitrogens with one attached hydrogen (secondary N) is 2.